The number of fused-ring (bicyclic) bond motifs is 1. The van der Waals surface area contributed by atoms with Gasteiger partial charge in [-0.2, -0.15) is 0 Å². The lowest BCUT2D eigenvalue weighted by atomic mass is 10.3. The first-order valence-electron chi connectivity index (χ1n) is 6.01. The number of carbonyl (C=O) groups excluding carboxylic acids is 1. The highest BCUT2D eigenvalue weighted by Crippen LogP contribution is 2.19. The maximum atomic E-state index is 12.2. The van der Waals surface area contributed by atoms with Crippen LogP contribution in [-0.2, 0) is 6.54 Å². The number of aromatic amines is 1. The zero-order valence-corrected chi connectivity index (χ0v) is 13.3. The SMILES string of the molecule is CN(Cc1nc2ccsc2c(=O)[nH]1)C(=O)c1ccoc1Br. The maximum absolute atomic E-state index is 12.2. The summed E-state index contributed by atoms with van der Waals surface area (Å²) in [7, 11) is 1.64. The van der Waals surface area contributed by atoms with Crippen molar-refractivity contribution in [1.29, 1.82) is 0 Å². The molecule has 8 heteroatoms. The lowest BCUT2D eigenvalue weighted by Crippen LogP contribution is -2.28. The lowest BCUT2D eigenvalue weighted by molar-refractivity contribution is 0.0779. The van der Waals surface area contributed by atoms with Crippen LogP contribution in [-0.4, -0.2) is 27.8 Å². The van der Waals surface area contributed by atoms with Crippen molar-refractivity contribution in [2.45, 2.75) is 6.54 Å². The number of carbonyl (C=O) groups is 1. The van der Waals surface area contributed by atoms with Crippen LogP contribution in [0.25, 0.3) is 10.2 Å². The van der Waals surface area contributed by atoms with Gasteiger partial charge in [-0.05, 0) is 33.4 Å². The Morgan fingerprint density at radius 1 is 1.52 bits per heavy atom. The summed E-state index contributed by atoms with van der Waals surface area (Å²) in [4.78, 5) is 32.6. The van der Waals surface area contributed by atoms with Crippen LogP contribution in [0.1, 0.15) is 16.2 Å². The number of hydrogen-bond acceptors (Lipinski definition) is 5. The number of aromatic nitrogens is 2. The minimum Gasteiger partial charge on any atom is -0.457 e. The molecule has 108 valence electrons. The van der Waals surface area contributed by atoms with Gasteiger partial charge in [0.15, 0.2) is 4.67 Å². The topological polar surface area (TPSA) is 79.2 Å². The predicted molar refractivity (Wildman–Crippen MR) is 82.4 cm³/mol. The van der Waals surface area contributed by atoms with E-state index in [4.69, 9.17) is 4.42 Å². The van der Waals surface area contributed by atoms with Gasteiger partial charge in [-0.3, -0.25) is 9.59 Å². The third-order valence-corrected chi connectivity index (χ3v) is 4.46. The molecule has 0 fully saturated rings. The molecule has 3 heterocycles. The van der Waals surface area contributed by atoms with Crippen LogP contribution in [0.5, 0.6) is 0 Å². The van der Waals surface area contributed by atoms with Crippen LogP contribution < -0.4 is 5.56 Å². The minimum absolute atomic E-state index is 0.185. The monoisotopic (exact) mass is 367 g/mol. The van der Waals surface area contributed by atoms with Gasteiger partial charge >= 0.3 is 0 Å². The zero-order chi connectivity index (χ0) is 15.0. The fourth-order valence-electron chi connectivity index (χ4n) is 1.94. The molecule has 0 aromatic carbocycles. The number of amides is 1. The number of rotatable bonds is 3. The van der Waals surface area contributed by atoms with Crippen molar-refractivity contribution in [3.8, 4) is 0 Å². The van der Waals surface area contributed by atoms with Gasteiger partial charge in [0.05, 0.1) is 23.9 Å². The Hall–Kier alpha value is -1.93. The summed E-state index contributed by atoms with van der Waals surface area (Å²) in [5.74, 6) is 0.227. The fraction of sp³-hybridized carbons (Fsp3) is 0.154. The molecule has 0 unspecified atom stereocenters. The van der Waals surface area contributed by atoms with E-state index in [0.717, 1.165) is 0 Å². The average Bonchev–Trinajstić information content (AvgIpc) is 3.06. The normalized spacial score (nSPS) is 11.0. The van der Waals surface area contributed by atoms with Crippen molar-refractivity contribution in [3.63, 3.8) is 0 Å². The quantitative estimate of drug-likeness (QED) is 0.771. The van der Waals surface area contributed by atoms with Crippen LogP contribution in [0.2, 0.25) is 0 Å². The van der Waals surface area contributed by atoms with E-state index < -0.39 is 0 Å². The van der Waals surface area contributed by atoms with Gasteiger partial charge in [-0.25, -0.2) is 4.98 Å². The molecule has 0 atom stereocenters. The van der Waals surface area contributed by atoms with Crippen LogP contribution in [0.15, 0.2) is 37.7 Å². The molecule has 6 nitrogen and oxygen atoms in total. The van der Waals surface area contributed by atoms with Gasteiger partial charge in [-0.15, -0.1) is 11.3 Å². The highest BCUT2D eigenvalue weighted by atomic mass is 79.9. The summed E-state index contributed by atoms with van der Waals surface area (Å²) in [5, 5.41) is 1.81. The minimum atomic E-state index is -0.219. The molecule has 0 spiro atoms. The number of halogens is 1. The first kappa shape index (κ1) is 14.0. The Bertz CT molecular complexity index is 867. The van der Waals surface area contributed by atoms with E-state index in [9.17, 15) is 9.59 Å². The van der Waals surface area contributed by atoms with Crippen LogP contribution in [0.4, 0.5) is 0 Å². The van der Waals surface area contributed by atoms with Gasteiger partial charge in [0.1, 0.15) is 10.5 Å². The summed E-state index contributed by atoms with van der Waals surface area (Å²) in [5.41, 5.74) is 0.885. The number of hydrogen-bond donors (Lipinski definition) is 1. The lowest BCUT2D eigenvalue weighted by Gasteiger charge is -2.15. The van der Waals surface area contributed by atoms with Crippen LogP contribution in [0, 0.1) is 0 Å². The van der Waals surface area contributed by atoms with Crippen molar-refractivity contribution in [3.05, 3.63) is 50.2 Å². The summed E-state index contributed by atoms with van der Waals surface area (Å²) < 4.78 is 6.02. The standard InChI is InChI=1S/C13H10BrN3O3S/c1-17(13(19)7-2-4-20-11(7)14)6-9-15-8-3-5-21-10(8)12(18)16-9/h2-5H,6H2,1H3,(H,15,16,18). The maximum Gasteiger partial charge on any atom is 0.268 e. The van der Waals surface area contributed by atoms with Crippen molar-refractivity contribution < 1.29 is 9.21 Å². The van der Waals surface area contributed by atoms with Crippen molar-refractivity contribution in [1.82, 2.24) is 14.9 Å². The molecule has 3 rings (SSSR count). The highest BCUT2D eigenvalue weighted by molar-refractivity contribution is 9.10. The van der Waals surface area contributed by atoms with Gasteiger partial charge in [0.25, 0.3) is 11.5 Å². The van der Waals surface area contributed by atoms with Crippen LogP contribution in [0.3, 0.4) is 0 Å². The molecule has 0 bridgehead atoms. The van der Waals surface area contributed by atoms with E-state index in [2.05, 4.69) is 25.9 Å². The number of H-pyrrole nitrogens is 1. The van der Waals surface area contributed by atoms with Crippen LogP contribution >= 0.6 is 27.3 Å². The van der Waals surface area contributed by atoms with E-state index in [0.29, 0.717) is 26.3 Å². The first-order chi connectivity index (χ1) is 10.1. The van der Waals surface area contributed by atoms with Gasteiger partial charge < -0.3 is 14.3 Å². The summed E-state index contributed by atoms with van der Waals surface area (Å²) in [6.45, 7) is 0.206. The number of furan rings is 1. The molecule has 0 aliphatic heterocycles. The molecule has 3 aromatic rings. The first-order valence-corrected chi connectivity index (χ1v) is 7.68. The third-order valence-electron chi connectivity index (χ3n) is 2.95. The Kier molecular flexibility index (Phi) is 3.64. The van der Waals surface area contributed by atoms with E-state index in [1.807, 2.05) is 5.38 Å². The Labute approximate surface area is 131 Å². The largest absolute Gasteiger partial charge is 0.457 e. The van der Waals surface area contributed by atoms with Gasteiger partial charge in [0, 0.05) is 7.05 Å². The second kappa shape index (κ2) is 5.45. The second-order valence-electron chi connectivity index (χ2n) is 4.42. The predicted octanol–water partition coefficient (Wildman–Crippen LogP) is 2.61. The van der Waals surface area contributed by atoms with Crippen molar-refractivity contribution >= 4 is 43.4 Å². The molecule has 3 aromatic heterocycles. The van der Waals surface area contributed by atoms with E-state index >= 15 is 0 Å². The molecule has 0 radical (unpaired) electrons. The highest BCUT2D eigenvalue weighted by Gasteiger charge is 2.18. The smallest absolute Gasteiger partial charge is 0.268 e. The molecule has 0 aliphatic carbocycles. The number of nitrogens with one attached hydrogen (secondary N) is 1. The Balaban J connectivity index is 1.86. The fourth-order valence-corrected chi connectivity index (χ4v) is 3.08. The van der Waals surface area contributed by atoms with E-state index in [1.54, 1.807) is 19.2 Å². The molecular weight excluding hydrogens is 358 g/mol. The second-order valence-corrected chi connectivity index (χ2v) is 6.05. The van der Waals surface area contributed by atoms with Crippen molar-refractivity contribution in [2.24, 2.45) is 0 Å². The van der Waals surface area contributed by atoms with E-state index in [1.165, 1.54) is 22.5 Å². The number of thiophene rings is 1. The van der Waals surface area contributed by atoms with E-state index in [-0.39, 0.29) is 18.0 Å². The summed E-state index contributed by atoms with van der Waals surface area (Å²) in [6, 6.07) is 3.37. The molecule has 0 saturated carbocycles. The molecule has 1 N–H and O–H groups in total. The third kappa shape index (κ3) is 2.64. The molecule has 0 aliphatic rings. The molecule has 0 saturated heterocycles. The number of nitrogens with zero attached hydrogens (tertiary/aromatic N) is 2. The zero-order valence-electron chi connectivity index (χ0n) is 10.9. The molecule has 21 heavy (non-hydrogen) atoms. The summed E-state index contributed by atoms with van der Waals surface area (Å²) in [6.07, 6.45) is 1.43. The van der Waals surface area contributed by atoms with Crippen molar-refractivity contribution in [2.75, 3.05) is 7.05 Å². The van der Waals surface area contributed by atoms with Gasteiger partial charge in [0.2, 0.25) is 0 Å². The summed E-state index contributed by atoms with van der Waals surface area (Å²) >= 11 is 4.52. The Morgan fingerprint density at radius 3 is 3.05 bits per heavy atom. The Morgan fingerprint density at radius 2 is 2.33 bits per heavy atom. The molecule has 1 amide bonds. The average molecular weight is 368 g/mol. The molecular formula is C13H10BrN3O3S. The van der Waals surface area contributed by atoms with Gasteiger partial charge in [-0.1, -0.05) is 0 Å².